The highest BCUT2D eigenvalue weighted by Crippen LogP contribution is 2.18. The van der Waals surface area contributed by atoms with Crippen LogP contribution in [0.4, 0.5) is 0 Å². The summed E-state index contributed by atoms with van der Waals surface area (Å²) in [6, 6.07) is -0.645. The minimum absolute atomic E-state index is 0.0703. The number of aliphatic hydroxyl groups is 2. The van der Waals surface area contributed by atoms with E-state index in [0.717, 1.165) is 38.5 Å². The van der Waals surface area contributed by atoms with Crippen LogP contribution in [0.25, 0.3) is 0 Å². The minimum atomic E-state index is -0.870. The summed E-state index contributed by atoms with van der Waals surface area (Å²) in [7, 11) is 0. The van der Waals surface area contributed by atoms with Crippen molar-refractivity contribution in [3.63, 3.8) is 0 Å². The normalized spacial score (nSPS) is 12.9. The van der Waals surface area contributed by atoms with Crippen molar-refractivity contribution in [3.05, 3.63) is 36.5 Å². The Bertz CT molecular complexity index is 1070. The summed E-state index contributed by atoms with van der Waals surface area (Å²) in [6.07, 6.45) is 85.0. The van der Waals surface area contributed by atoms with E-state index in [-0.39, 0.29) is 12.5 Å². The Hall–Kier alpha value is -1.39. The van der Waals surface area contributed by atoms with Crippen molar-refractivity contribution in [2.24, 2.45) is 0 Å². The van der Waals surface area contributed by atoms with E-state index in [1.165, 1.54) is 302 Å². The Balaban J connectivity index is 3.48. The average molecular weight is 983 g/mol. The molecule has 0 bridgehead atoms. The molecule has 414 valence electrons. The maximum absolute atomic E-state index is 12.5. The second-order valence-corrected chi connectivity index (χ2v) is 22.2. The van der Waals surface area contributed by atoms with E-state index in [0.29, 0.717) is 6.42 Å². The van der Waals surface area contributed by atoms with Crippen LogP contribution in [-0.4, -0.2) is 34.9 Å². The van der Waals surface area contributed by atoms with Crippen LogP contribution in [0, 0.1) is 0 Å². The standard InChI is InChI=1S/C66H127NO3/c1-3-5-7-9-11-13-15-17-19-21-23-25-27-29-31-33-34-36-38-40-42-44-46-48-50-52-54-56-58-60-62-66(70)67-64(63-68)65(69)61-59-57-55-53-51-49-47-45-43-41-39-37-35-32-30-28-26-24-22-20-18-16-14-12-10-8-6-4-2/h43,45,51,53,59,61,64-65,68-69H,3-42,44,46-50,52,54-58,60,62-63H2,1-2H3,(H,67,70)/b45-43+,53-51+,61-59+. The lowest BCUT2D eigenvalue weighted by Gasteiger charge is -2.19. The SMILES string of the molecule is CCCCCCCCCCCCCCCCCCCC/C=C/CC/C=C/CC/C=C/C(O)C(CO)NC(=O)CCCCCCCCCCCCCCCCCCCCCCCCCCCCCCCC. The Morgan fingerprint density at radius 2 is 0.557 bits per heavy atom. The Labute approximate surface area is 440 Å². The highest BCUT2D eigenvalue weighted by atomic mass is 16.3. The molecule has 3 N–H and O–H groups in total. The molecule has 0 aliphatic rings. The summed E-state index contributed by atoms with van der Waals surface area (Å²) < 4.78 is 0. The zero-order valence-corrected chi connectivity index (χ0v) is 47.8. The molecule has 0 aromatic rings. The largest absolute Gasteiger partial charge is 0.394 e. The average Bonchev–Trinajstić information content (AvgIpc) is 3.36. The molecule has 0 rings (SSSR count). The van der Waals surface area contributed by atoms with Gasteiger partial charge >= 0.3 is 0 Å². The van der Waals surface area contributed by atoms with Crippen molar-refractivity contribution >= 4 is 5.91 Å². The lowest BCUT2D eigenvalue weighted by Crippen LogP contribution is -2.45. The predicted molar refractivity (Wildman–Crippen MR) is 313 cm³/mol. The van der Waals surface area contributed by atoms with Gasteiger partial charge in [-0.15, -0.1) is 0 Å². The van der Waals surface area contributed by atoms with E-state index in [1.54, 1.807) is 6.08 Å². The molecule has 0 aliphatic heterocycles. The van der Waals surface area contributed by atoms with Gasteiger partial charge in [0.15, 0.2) is 0 Å². The fourth-order valence-electron chi connectivity index (χ4n) is 10.2. The van der Waals surface area contributed by atoms with Crippen molar-refractivity contribution in [2.75, 3.05) is 6.61 Å². The summed E-state index contributed by atoms with van der Waals surface area (Å²) in [5, 5.41) is 23.2. The summed E-state index contributed by atoms with van der Waals surface area (Å²) in [4.78, 5) is 12.5. The van der Waals surface area contributed by atoms with Gasteiger partial charge in [0.1, 0.15) is 0 Å². The van der Waals surface area contributed by atoms with Crippen molar-refractivity contribution in [1.29, 1.82) is 0 Å². The zero-order chi connectivity index (χ0) is 50.6. The molecular formula is C66H127NO3. The first-order valence-electron chi connectivity index (χ1n) is 32.2. The molecule has 70 heavy (non-hydrogen) atoms. The molecule has 2 atom stereocenters. The van der Waals surface area contributed by atoms with E-state index >= 15 is 0 Å². The summed E-state index contributed by atoms with van der Waals surface area (Å²) in [5.41, 5.74) is 0. The molecular weight excluding hydrogens is 855 g/mol. The predicted octanol–water partition coefficient (Wildman–Crippen LogP) is 21.6. The Kier molecular flexibility index (Phi) is 60.7. The smallest absolute Gasteiger partial charge is 0.220 e. The number of carbonyl (C=O) groups excluding carboxylic acids is 1. The van der Waals surface area contributed by atoms with Crippen LogP contribution in [0.15, 0.2) is 36.5 Å². The third-order valence-electron chi connectivity index (χ3n) is 15.1. The van der Waals surface area contributed by atoms with E-state index in [9.17, 15) is 15.0 Å². The molecule has 0 saturated heterocycles. The van der Waals surface area contributed by atoms with Gasteiger partial charge in [-0.3, -0.25) is 4.79 Å². The first-order chi connectivity index (χ1) is 34.7. The number of aliphatic hydroxyl groups excluding tert-OH is 2. The second kappa shape index (κ2) is 61.9. The van der Waals surface area contributed by atoms with Crippen LogP contribution in [0.3, 0.4) is 0 Å². The summed E-state index contributed by atoms with van der Waals surface area (Å²) in [5.74, 6) is -0.0703. The number of hydrogen-bond donors (Lipinski definition) is 3. The number of carbonyl (C=O) groups is 1. The van der Waals surface area contributed by atoms with Gasteiger partial charge in [0.25, 0.3) is 0 Å². The van der Waals surface area contributed by atoms with Gasteiger partial charge in [-0.2, -0.15) is 0 Å². The molecule has 0 aliphatic carbocycles. The van der Waals surface area contributed by atoms with Crippen molar-refractivity contribution < 1.29 is 15.0 Å². The molecule has 0 aromatic heterocycles. The molecule has 2 unspecified atom stereocenters. The van der Waals surface area contributed by atoms with Crippen LogP contribution >= 0.6 is 0 Å². The molecule has 0 heterocycles. The van der Waals surface area contributed by atoms with Gasteiger partial charge in [-0.1, -0.05) is 346 Å². The zero-order valence-electron chi connectivity index (χ0n) is 47.8. The first-order valence-corrected chi connectivity index (χ1v) is 32.2. The van der Waals surface area contributed by atoms with Crippen LogP contribution in [0.2, 0.25) is 0 Å². The van der Waals surface area contributed by atoms with Crippen LogP contribution in [-0.2, 0) is 4.79 Å². The molecule has 1 amide bonds. The number of unbranched alkanes of at least 4 members (excludes halogenated alkanes) is 49. The van der Waals surface area contributed by atoms with Gasteiger partial charge < -0.3 is 15.5 Å². The van der Waals surface area contributed by atoms with Gasteiger partial charge in [0.05, 0.1) is 18.8 Å². The number of amides is 1. The third-order valence-corrected chi connectivity index (χ3v) is 15.1. The molecule has 0 fully saturated rings. The second-order valence-electron chi connectivity index (χ2n) is 22.2. The van der Waals surface area contributed by atoms with Crippen molar-refractivity contribution in [1.82, 2.24) is 5.32 Å². The van der Waals surface area contributed by atoms with E-state index in [2.05, 4.69) is 43.5 Å². The highest BCUT2D eigenvalue weighted by Gasteiger charge is 2.18. The molecule has 0 radical (unpaired) electrons. The highest BCUT2D eigenvalue weighted by molar-refractivity contribution is 5.76. The van der Waals surface area contributed by atoms with Crippen LogP contribution < -0.4 is 5.32 Å². The van der Waals surface area contributed by atoms with Crippen LogP contribution in [0.5, 0.6) is 0 Å². The molecule has 0 spiro atoms. The number of nitrogens with one attached hydrogen (secondary N) is 1. The van der Waals surface area contributed by atoms with E-state index < -0.39 is 12.1 Å². The monoisotopic (exact) mass is 982 g/mol. The topological polar surface area (TPSA) is 69.6 Å². The lowest BCUT2D eigenvalue weighted by molar-refractivity contribution is -0.123. The number of rotatable bonds is 60. The third kappa shape index (κ3) is 57.5. The Morgan fingerprint density at radius 3 is 0.829 bits per heavy atom. The fourth-order valence-corrected chi connectivity index (χ4v) is 10.2. The van der Waals surface area contributed by atoms with Gasteiger partial charge in [0, 0.05) is 6.42 Å². The quantitative estimate of drug-likeness (QED) is 0.0420. The van der Waals surface area contributed by atoms with Gasteiger partial charge in [0.2, 0.25) is 5.91 Å². The summed E-state index contributed by atoms with van der Waals surface area (Å²) in [6.45, 7) is 4.34. The van der Waals surface area contributed by atoms with Gasteiger partial charge in [-0.25, -0.2) is 0 Å². The molecule has 0 aromatic carbocycles. The molecule has 0 saturated carbocycles. The minimum Gasteiger partial charge on any atom is -0.394 e. The van der Waals surface area contributed by atoms with Crippen LogP contribution in [0.1, 0.15) is 361 Å². The van der Waals surface area contributed by atoms with Crippen molar-refractivity contribution in [3.8, 4) is 0 Å². The summed E-state index contributed by atoms with van der Waals surface area (Å²) >= 11 is 0. The van der Waals surface area contributed by atoms with E-state index in [4.69, 9.17) is 0 Å². The lowest BCUT2D eigenvalue weighted by atomic mass is 10.0. The Morgan fingerprint density at radius 1 is 0.329 bits per heavy atom. The fraction of sp³-hybridized carbons (Fsp3) is 0.894. The number of hydrogen-bond acceptors (Lipinski definition) is 3. The first kappa shape index (κ1) is 68.6. The molecule has 4 nitrogen and oxygen atoms in total. The molecule has 4 heteroatoms. The maximum atomic E-state index is 12.5. The number of allylic oxidation sites excluding steroid dienone is 5. The van der Waals surface area contributed by atoms with Gasteiger partial charge in [-0.05, 0) is 44.9 Å². The van der Waals surface area contributed by atoms with E-state index in [1.807, 2.05) is 6.08 Å². The van der Waals surface area contributed by atoms with Crippen molar-refractivity contribution in [2.45, 2.75) is 373 Å². The maximum Gasteiger partial charge on any atom is 0.220 e.